The topological polar surface area (TPSA) is 55.2 Å². The van der Waals surface area contributed by atoms with Crippen molar-refractivity contribution < 1.29 is 4.92 Å². The first kappa shape index (κ1) is 14.6. The fourth-order valence-corrected chi connectivity index (χ4v) is 2.01. The van der Waals surface area contributed by atoms with E-state index in [9.17, 15) is 10.1 Å². The van der Waals surface area contributed by atoms with Gasteiger partial charge in [-0.2, -0.15) is 0 Å². The average Bonchev–Trinajstić information content (AvgIpc) is 2.39. The van der Waals surface area contributed by atoms with Gasteiger partial charge in [0.25, 0.3) is 5.69 Å². The van der Waals surface area contributed by atoms with Crippen LogP contribution in [0, 0.1) is 16.0 Å². The van der Waals surface area contributed by atoms with Gasteiger partial charge in [-0.3, -0.25) is 10.1 Å². The van der Waals surface area contributed by atoms with Crippen LogP contribution in [0.25, 0.3) is 0 Å². The van der Waals surface area contributed by atoms with Gasteiger partial charge < -0.3 is 5.32 Å². The van der Waals surface area contributed by atoms with Crippen LogP contribution in [0.3, 0.4) is 0 Å². The third-order valence-electron chi connectivity index (χ3n) is 3.35. The number of nitrogens with one attached hydrogen (secondary N) is 1. The molecule has 0 amide bonds. The lowest BCUT2D eigenvalue weighted by Crippen LogP contribution is -2.24. The van der Waals surface area contributed by atoms with Crippen LogP contribution in [0.5, 0.6) is 0 Å². The van der Waals surface area contributed by atoms with Crippen molar-refractivity contribution in [1.29, 1.82) is 0 Å². The van der Waals surface area contributed by atoms with Gasteiger partial charge >= 0.3 is 0 Å². The number of nitrogens with zero attached hydrogens (tertiary/aromatic N) is 1. The molecular formula is C14H22N2O2. The summed E-state index contributed by atoms with van der Waals surface area (Å²) in [5, 5.41) is 14.2. The summed E-state index contributed by atoms with van der Waals surface area (Å²) < 4.78 is 0. The standard InChI is InChI=1S/C14H22N2O2/c1-3-12(4-2)11-15-10-9-13-7-5-6-8-14(13)16(17)18/h5-8,12,15H,3-4,9-11H2,1-2H3. The van der Waals surface area contributed by atoms with Crippen LogP contribution < -0.4 is 5.32 Å². The van der Waals surface area contributed by atoms with Gasteiger partial charge in [-0.15, -0.1) is 0 Å². The number of hydrogen-bond donors (Lipinski definition) is 1. The Morgan fingerprint density at radius 3 is 2.56 bits per heavy atom. The molecule has 0 aliphatic rings. The Bertz CT molecular complexity index is 376. The fourth-order valence-electron chi connectivity index (χ4n) is 2.01. The highest BCUT2D eigenvalue weighted by molar-refractivity contribution is 5.39. The molecule has 4 nitrogen and oxygen atoms in total. The summed E-state index contributed by atoms with van der Waals surface area (Å²) in [5.74, 6) is 0.704. The predicted octanol–water partition coefficient (Wildman–Crippen LogP) is 3.16. The van der Waals surface area contributed by atoms with Crippen LogP contribution in [-0.4, -0.2) is 18.0 Å². The smallest absolute Gasteiger partial charge is 0.272 e. The number of para-hydroxylation sites is 1. The Balaban J connectivity index is 2.42. The lowest BCUT2D eigenvalue weighted by molar-refractivity contribution is -0.385. The third kappa shape index (κ3) is 4.45. The third-order valence-corrected chi connectivity index (χ3v) is 3.35. The van der Waals surface area contributed by atoms with Gasteiger partial charge in [-0.1, -0.05) is 44.9 Å². The highest BCUT2D eigenvalue weighted by atomic mass is 16.6. The van der Waals surface area contributed by atoms with E-state index < -0.39 is 0 Å². The van der Waals surface area contributed by atoms with E-state index in [-0.39, 0.29) is 10.6 Å². The minimum atomic E-state index is -0.309. The van der Waals surface area contributed by atoms with Gasteiger partial charge in [-0.05, 0) is 25.4 Å². The average molecular weight is 250 g/mol. The monoisotopic (exact) mass is 250 g/mol. The van der Waals surface area contributed by atoms with E-state index in [1.54, 1.807) is 12.1 Å². The number of hydrogen-bond acceptors (Lipinski definition) is 3. The zero-order valence-corrected chi connectivity index (χ0v) is 11.2. The van der Waals surface area contributed by atoms with Crippen molar-refractivity contribution in [2.75, 3.05) is 13.1 Å². The highest BCUT2D eigenvalue weighted by Crippen LogP contribution is 2.17. The summed E-state index contributed by atoms with van der Waals surface area (Å²) in [4.78, 5) is 10.5. The molecule has 18 heavy (non-hydrogen) atoms. The summed E-state index contributed by atoms with van der Waals surface area (Å²) in [7, 11) is 0. The van der Waals surface area contributed by atoms with Crippen LogP contribution in [0.1, 0.15) is 32.3 Å². The minimum Gasteiger partial charge on any atom is -0.316 e. The van der Waals surface area contributed by atoms with Gasteiger partial charge in [0, 0.05) is 11.6 Å². The molecule has 0 saturated heterocycles. The van der Waals surface area contributed by atoms with E-state index >= 15 is 0 Å². The second kappa shape index (κ2) is 7.82. The molecule has 0 aliphatic carbocycles. The molecule has 1 rings (SSSR count). The summed E-state index contributed by atoms with van der Waals surface area (Å²) >= 11 is 0. The maximum absolute atomic E-state index is 10.8. The van der Waals surface area contributed by atoms with Crippen molar-refractivity contribution in [1.82, 2.24) is 5.32 Å². The Morgan fingerprint density at radius 2 is 1.94 bits per heavy atom. The molecule has 1 N–H and O–H groups in total. The molecule has 0 heterocycles. The van der Waals surface area contributed by atoms with Gasteiger partial charge in [-0.25, -0.2) is 0 Å². The molecular weight excluding hydrogens is 228 g/mol. The van der Waals surface area contributed by atoms with Gasteiger partial charge in [0.15, 0.2) is 0 Å². The summed E-state index contributed by atoms with van der Waals surface area (Å²) in [5.41, 5.74) is 1.03. The molecule has 0 spiro atoms. The maximum Gasteiger partial charge on any atom is 0.272 e. The quantitative estimate of drug-likeness (QED) is 0.438. The maximum atomic E-state index is 10.8. The lowest BCUT2D eigenvalue weighted by Gasteiger charge is -2.13. The van der Waals surface area contributed by atoms with Gasteiger partial charge in [0.1, 0.15) is 0 Å². The van der Waals surface area contributed by atoms with E-state index in [4.69, 9.17) is 0 Å². The molecule has 1 aromatic carbocycles. The lowest BCUT2D eigenvalue weighted by atomic mass is 10.0. The number of nitro benzene ring substituents is 1. The Kier molecular flexibility index (Phi) is 6.36. The van der Waals surface area contributed by atoms with Crippen molar-refractivity contribution in [2.45, 2.75) is 33.1 Å². The second-order valence-corrected chi connectivity index (χ2v) is 4.52. The van der Waals surface area contributed by atoms with Gasteiger partial charge in [0.2, 0.25) is 0 Å². The van der Waals surface area contributed by atoms with E-state index in [1.165, 1.54) is 12.8 Å². The van der Waals surface area contributed by atoms with Crippen molar-refractivity contribution in [3.8, 4) is 0 Å². The van der Waals surface area contributed by atoms with Crippen LogP contribution in [0.4, 0.5) is 5.69 Å². The molecule has 0 aliphatic heterocycles. The fraction of sp³-hybridized carbons (Fsp3) is 0.571. The zero-order valence-electron chi connectivity index (χ0n) is 11.2. The Labute approximate surface area is 109 Å². The molecule has 0 radical (unpaired) electrons. The summed E-state index contributed by atoms with van der Waals surface area (Å²) in [6, 6.07) is 6.95. The van der Waals surface area contributed by atoms with E-state index in [0.29, 0.717) is 12.3 Å². The SMILES string of the molecule is CCC(CC)CNCCc1ccccc1[N+](=O)[O-]. The van der Waals surface area contributed by atoms with Crippen LogP contribution in [-0.2, 0) is 6.42 Å². The van der Waals surface area contributed by atoms with Crippen molar-refractivity contribution >= 4 is 5.69 Å². The molecule has 0 aromatic heterocycles. The molecule has 100 valence electrons. The van der Waals surface area contributed by atoms with Crippen LogP contribution >= 0.6 is 0 Å². The molecule has 1 aromatic rings. The zero-order chi connectivity index (χ0) is 13.4. The summed E-state index contributed by atoms with van der Waals surface area (Å²) in [6.07, 6.45) is 3.06. The van der Waals surface area contributed by atoms with Crippen LogP contribution in [0.2, 0.25) is 0 Å². The van der Waals surface area contributed by atoms with Crippen molar-refractivity contribution in [3.63, 3.8) is 0 Å². The number of benzene rings is 1. The first-order valence-corrected chi connectivity index (χ1v) is 6.62. The predicted molar refractivity (Wildman–Crippen MR) is 73.7 cm³/mol. The number of nitro groups is 1. The molecule has 0 fully saturated rings. The van der Waals surface area contributed by atoms with Crippen molar-refractivity contribution in [3.05, 3.63) is 39.9 Å². The second-order valence-electron chi connectivity index (χ2n) is 4.52. The van der Waals surface area contributed by atoms with E-state index in [0.717, 1.165) is 18.7 Å². The largest absolute Gasteiger partial charge is 0.316 e. The molecule has 0 atom stereocenters. The molecule has 4 heteroatoms. The minimum absolute atomic E-state index is 0.224. The molecule has 0 bridgehead atoms. The summed E-state index contributed by atoms with van der Waals surface area (Å²) in [6.45, 7) is 6.17. The molecule has 0 unspecified atom stereocenters. The Hall–Kier alpha value is -1.42. The Morgan fingerprint density at radius 1 is 1.28 bits per heavy atom. The van der Waals surface area contributed by atoms with E-state index in [2.05, 4.69) is 19.2 Å². The van der Waals surface area contributed by atoms with E-state index in [1.807, 2.05) is 12.1 Å². The van der Waals surface area contributed by atoms with Crippen LogP contribution in [0.15, 0.2) is 24.3 Å². The first-order valence-electron chi connectivity index (χ1n) is 6.62. The normalized spacial score (nSPS) is 10.8. The van der Waals surface area contributed by atoms with Crippen molar-refractivity contribution in [2.24, 2.45) is 5.92 Å². The first-order chi connectivity index (χ1) is 8.69. The highest BCUT2D eigenvalue weighted by Gasteiger charge is 2.11. The number of rotatable bonds is 8. The molecule has 0 saturated carbocycles. The van der Waals surface area contributed by atoms with Gasteiger partial charge in [0.05, 0.1) is 4.92 Å².